The van der Waals surface area contributed by atoms with Crippen molar-refractivity contribution in [3.8, 4) is 0 Å². The van der Waals surface area contributed by atoms with Crippen molar-refractivity contribution in [2.75, 3.05) is 6.54 Å². The number of nitrogens with one attached hydrogen (secondary N) is 1. The first-order chi connectivity index (χ1) is 7.27. The van der Waals surface area contributed by atoms with Gasteiger partial charge in [0.1, 0.15) is 5.76 Å². The van der Waals surface area contributed by atoms with E-state index in [9.17, 15) is 0 Å². The first kappa shape index (κ1) is 11.0. The van der Waals surface area contributed by atoms with Crippen LogP contribution in [0.5, 0.6) is 0 Å². The topological polar surface area (TPSA) is 25.2 Å². The molecule has 2 rings (SSSR count). The number of rotatable bonds is 5. The van der Waals surface area contributed by atoms with Crippen LogP contribution in [-0.4, -0.2) is 12.6 Å². The monoisotopic (exact) mass is 269 g/mol. The zero-order valence-electron chi connectivity index (χ0n) is 8.92. The summed E-state index contributed by atoms with van der Waals surface area (Å²) in [6, 6.07) is 2.73. The summed E-state index contributed by atoms with van der Waals surface area (Å²) >= 11 is 3.46. The summed E-state index contributed by atoms with van der Waals surface area (Å²) < 4.78 is 6.41. The Morgan fingerprint density at radius 3 is 3.07 bits per heavy atom. The van der Waals surface area contributed by atoms with Gasteiger partial charge in [0.15, 0.2) is 0 Å². The number of hydrogen-bond donors (Lipinski definition) is 1. The van der Waals surface area contributed by atoms with Crippen LogP contribution in [0.3, 0.4) is 0 Å². The van der Waals surface area contributed by atoms with Crippen molar-refractivity contribution in [1.29, 1.82) is 0 Å². The molecule has 82 valence electrons. The van der Waals surface area contributed by atoms with E-state index in [4.69, 9.17) is 4.42 Å². The number of hydrogen-bond acceptors (Lipinski definition) is 2. The van der Waals surface area contributed by atoms with Gasteiger partial charge in [-0.25, -0.2) is 0 Å². The number of halogens is 1. The van der Waals surface area contributed by atoms with Gasteiger partial charge in [0, 0.05) is 6.04 Å². The van der Waals surface area contributed by atoms with E-state index in [1.165, 1.54) is 18.4 Å². The van der Waals surface area contributed by atoms with Crippen LogP contribution in [0.15, 0.2) is 27.3 Å². The minimum Gasteiger partial charge on any atom is -0.464 e. The summed E-state index contributed by atoms with van der Waals surface area (Å²) in [6.45, 7) is 3.15. The van der Waals surface area contributed by atoms with Crippen molar-refractivity contribution in [1.82, 2.24) is 5.32 Å². The fourth-order valence-corrected chi connectivity index (χ4v) is 2.05. The molecule has 1 N–H and O–H groups in total. The van der Waals surface area contributed by atoms with Crippen LogP contribution in [0.25, 0.3) is 5.57 Å². The van der Waals surface area contributed by atoms with E-state index in [1.54, 1.807) is 6.26 Å². The van der Waals surface area contributed by atoms with Crippen molar-refractivity contribution < 1.29 is 4.42 Å². The average molecular weight is 270 g/mol. The molecule has 1 aromatic heterocycles. The molecule has 3 heteroatoms. The average Bonchev–Trinajstić information content (AvgIpc) is 2.94. The Kier molecular flexibility index (Phi) is 3.65. The van der Waals surface area contributed by atoms with E-state index in [2.05, 4.69) is 34.2 Å². The second-order valence-electron chi connectivity index (χ2n) is 4.00. The fourth-order valence-electron chi connectivity index (χ4n) is 1.53. The molecule has 1 heterocycles. The third-order valence-electron chi connectivity index (χ3n) is 2.58. The van der Waals surface area contributed by atoms with E-state index >= 15 is 0 Å². The summed E-state index contributed by atoms with van der Waals surface area (Å²) in [5.74, 6) is 0.946. The molecule has 0 unspecified atom stereocenters. The molecule has 0 radical (unpaired) electrons. The Morgan fingerprint density at radius 1 is 1.67 bits per heavy atom. The normalized spacial score (nSPS) is 17.1. The van der Waals surface area contributed by atoms with Crippen molar-refractivity contribution in [2.24, 2.45) is 0 Å². The summed E-state index contributed by atoms with van der Waals surface area (Å²) in [6.07, 6.45) is 7.70. The van der Waals surface area contributed by atoms with Crippen LogP contribution in [0.1, 0.15) is 31.9 Å². The van der Waals surface area contributed by atoms with Crippen LogP contribution in [-0.2, 0) is 0 Å². The molecule has 1 saturated carbocycles. The molecule has 0 saturated heterocycles. The molecular formula is C12H16BrNO. The zero-order valence-corrected chi connectivity index (χ0v) is 10.5. The number of allylic oxidation sites excluding steroid dienone is 1. The Bertz CT molecular complexity index is 352. The quantitative estimate of drug-likeness (QED) is 0.827. The molecule has 0 atom stereocenters. The smallest absolute Gasteiger partial charge is 0.143 e. The maximum absolute atomic E-state index is 5.38. The lowest BCUT2D eigenvalue weighted by Crippen LogP contribution is -2.16. The second kappa shape index (κ2) is 4.99. The summed E-state index contributed by atoms with van der Waals surface area (Å²) in [5.41, 5.74) is 1.20. The van der Waals surface area contributed by atoms with Crippen molar-refractivity contribution in [3.05, 3.63) is 28.6 Å². The van der Waals surface area contributed by atoms with Gasteiger partial charge < -0.3 is 9.73 Å². The molecule has 2 nitrogen and oxygen atoms in total. The predicted molar refractivity (Wildman–Crippen MR) is 65.7 cm³/mol. The van der Waals surface area contributed by atoms with Crippen LogP contribution >= 0.6 is 15.9 Å². The van der Waals surface area contributed by atoms with E-state index in [0.29, 0.717) is 0 Å². The highest BCUT2D eigenvalue weighted by atomic mass is 79.9. The van der Waals surface area contributed by atoms with Gasteiger partial charge in [-0.3, -0.25) is 0 Å². The highest BCUT2D eigenvalue weighted by molar-refractivity contribution is 9.10. The number of furan rings is 1. The summed E-state index contributed by atoms with van der Waals surface area (Å²) in [4.78, 5) is 0. The minimum absolute atomic E-state index is 0.800. The van der Waals surface area contributed by atoms with Gasteiger partial charge in [-0.05, 0) is 60.3 Å². The van der Waals surface area contributed by atoms with Crippen molar-refractivity contribution in [3.63, 3.8) is 0 Å². The van der Waals surface area contributed by atoms with Gasteiger partial charge in [0.2, 0.25) is 0 Å². The first-order valence-electron chi connectivity index (χ1n) is 5.41. The fraction of sp³-hybridized carbons (Fsp3) is 0.500. The second-order valence-corrected chi connectivity index (χ2v) is 4.86. The van der Waals surface area contributed by atoms with Crippen molar-refractivity contribution in [2.45, 2.75) is 32.2 Å². The first-order valence-corrected chi connectivity index (χ1v) is 6.20. The zero-order chi connectivity index (χ0) is 10.7. The third-order valence-corrected chi connectivity index (χ3v) is 3.21. The Labute approximate surface area is 98.9 Å². The van der Waals surface area contributed by atoms with Crippen LogP contribution in [0, 0.1) is 0 Å². The lowest BCUT2D eigenvalue weighted by atomic mass is 10.2. The predicted octanol–water partition coefficient (Wildman–Crippen LogP) is 3.59. The molecule has 0 bridgehead atoms. The molecule has 1 aliphatic rings. The highest BCUT2D eigenvalue weighted by Crippen LogP contribution is 2.25. The molecule has 0 aromatic carbocycles. The molecule has 15 heavy (non-hydrogen) atoms. The highest BCUT2D eigenvalue weighted by Gasteiger charge is 2.19. The maximum atomic E-state index is 5.38. The summed E-state index contributed by atoms with van der Waals surface area (Å²) in [5, 5.41) is 3.48. The Hall–Kier alpha value is -0.540. The van der Waals surface area contributed by atoms with E-state index in [0.717, 1.165) is 29.2 Å². The molecular weight excluding hydrogens is 254 g/mol. The van der Waals surface area contributed by atoms with E-state index in [1.807, 2.05) is 6.07 Å². The van der Waals surface area contributed by atoms with Gasteiger partial charge >= 0.3 is 0 Å². The van der Waals surface area contributed by atoms with Gasteiger partial charge in [0.05, 0.1) is 10.7 Å². The lowest BCUT2D eigenvalue weighted by Gasteiger charge is -2.00. The molecule has 0 aliphatic heterocycles. The third kappa shape index (κ3) is 3.21. The Balaban J connectivity index is 1.81. The van der Waals surface area contributed by atoms with E-state index < -0.39 is 0 Å². The molecule has 1 aliphatic carbocycles. The van der Waals surface area contributed by atoms with Gasteiger partial charge in [-0.15, -0.1) is 0 Å². The molecule has 0 amide bonds. The maximum Gasteiger partial charge on any atom is 0.143 e. The molecule has 1 fully saturated rings. The van der Waals surface area contributed by atoms with Crippen LogP contribution in [0.2, 0.25) is 0 Å². The van der Waals surface area contributed by atoms with Gasteiger partial charge in [0.25, 0.3) is 0 Å². The molecule has 0 spiro atoms. The standard InChI is InChI=1S/C12H16BrNO/c1-9(12-11(13)6-8-15-12)3-2-7-14-10-4-5-10/h3,6,8,10,14H,2,4-5,7H2,1H3. The Morgan fingerprint density at radius 2 is 2.47 bits per heavy atom. The van der Waals surface area contributed by atoms with E-state index in [-0.39, 0.29) is 0 Å². The largest absolute Gasteiger partial charge is 0.464 e. The van der Waals surface area contributed by atoms with Crippen LogP contribution in [0.4, 0.5) is 0 Å². The molecule has 1 aromatic rings. The minimum atomic E-state index is 0.800. The van der Waals surface area contributed by atoms with Crippen LogP contribution < -0.4 is 5.32 Å². The van der Waals surface area contributed by atoms with Crippen molar-refractivity contribution >= 4 is 21.5 Å². The van der Waals surface area contributed by atoms with Gasteiger partial charge in [-0.1, -0.05) is 6.08 Å². The summed E-state index contributed by atoms with van der Waals surface area (Å²) in [7, 11) is 0. The lowest BCUT2D eigenvalue weighted by molar-refractivity contribution is 0.550. The van der Waals surface area contributed by atoms with Gasteiger partial charge in [-0.2, -0.15) is 0 Å². The SMILES string of the molecule is CC(=CCCNC1CC1)c1occc1Br.